The molecule has 1 atom stereocenters. The van der Waals surface area contributed by atoms with E-state index in [9.17, 15) is 9.59 Å². The third-order valence-electron chi connectivity index (χ3n) is 5.57. The minimum Gasteiger partial charge on any atom is -0.484 e. The number of esters is 1. The lowest BCUT2D eigenvalue weighted by Gasteiger charge is -2.26. The van der Waals surface area contributed by atoms with Crippen LogP contribution in [0.4, 0.5) is 0 Å². The van der Waals surface area contributed by atoms with Crippen LogP contribution in [0, 0.1) is 20.8 Å². The summed E-state index contributed by atoms with van der Waals surface area (Å²) in [5.41, 5.74) is 4.09. The van der Waals surface area contributed by atoms with Crippen molar-refractivity contribution < 1.29 is 23.8 Å². The second kappa shape index (κ2) is 10.5. The van der Waals surface area contributed by atoms with Crippen LogP contribution in [0.2, 0.25) is 0 Å². The predicted octanol–water partition coefficient (Wildman–Crippen LogP) is 3.70. The largest absolute Gasteiger partial charge is 0.484 e. The van der Waals surface area contributed by atoms with Gasteiger partial charge in [0.25, 0.3) is 5.91 Å². The second-order valence-corrected chi connectivity index (χ2v) is 7.96. The van der Waals surface area contributed by atoms with Gasteiger partial charge in [-0.05, 0) is 69.4 Å². The maximum atomic E-state index is 13.1. The van der Waals surface area contributed by atoms with Gasteiger partial charge in [-0.2, -0.15) is 0 Å². The van der Waals surface area contributed by atoms with E-state index in [1.54, 1.807) is 11.8 Å². The molecule has 1 aromatic heterocycles. The molecule has 0 saturated carbocycles. The molecule has 0 spiro atoms. The van der Waals surface area contributed by atoms with Gasteiger partial charge in [0.2, 0.25) is 0 Å². The zero-order chi connectivity index (χ0) is 22.4. The number of benzene rings is 1. The zero-order valence-corrected chi connectivity index (χ0v) is 18.8. The lowest BCUT2D eigenvalue weighted by Crippen LogP contribution is -2.39. The Labute approximate surface area is 183 Å². The van der Waals surface area contributed by atoms with Gasteiger partial charge < -0.3 is 24.1 Å². The molecule has 0 aliphatic carbocycles. The first-order valence-corrected chi connectivity index (χ1v) is 10.8. The number of hydrogen-bond donors (Lipinski definition) is 1. The highest BCUT2D eigenvalue weighted by Crippen LogP contribution is 2.23. The van der Waals surface area contributed by atoms with E-state index in [0.29, 0.717) is 31.1 Å². The SMILES string of the molecule is CCOC(=O)c1[nH]c(C)c(CN(C[C@@H]2CCCO2)C(=O)COc2cccc(C)c2)c1C. The fourth-order valence-corrected chi connectivity index (χ4v) is 3.85. The lowest BCUT2D eigenvalue weighted by atomic mass is 10.1. The Balaban J connectivity index is 1.75. The Bertz CT molecular complexity index is 915. The van der Waals surface area contributed by atoms with Crippen LogP contribution in [0.3, 0.4) is 0 Å². The van der Waals surface area contributed by atoms with E-state index in [0.717, 1.165) is 41.8 Å². The van der Waals surface area contributed by atoms with E-state index < -0.39 is 0 Å². The molecular weight excluding hydrogens is 396 g/mol. The van der Waals surface area contributed by atoms with Crippen LogP contribution in [0.5, 0.6) is 5.75 Å². The molecule has 2 heterocycles. The van der Waals surface area contributed by atoms with Crippen LogP contribution in [0.25, 0.3) is 0 Å². The van der Waals surface area contributed by atoms with Crippen molar-refractivity contribution in [3.05, 3.63) is 52.3 Å². The van der Waals surface area contributed by atoms with Crippen molar-refractivity contribution in [1.82, 2.24) is 9.88 Å². The maximum Gasteiger partial charge on any atom is 0.355 e. The molecule has 1 aliphatic heterocycles. The van der Waals surface area contributed by atoms with Crippen LogP contribution in [-0.4, -0.2) is 54.2 Å². The van der Waals surface area contributed by atoms with Gasteiger partial charge in [-0.25, -0.2) is 4.79 Å². The summed E-state index contributed by atoms with van der Waals surface area (Å²) in [6, 6.07) is 7.64. The van der Waals surface area contributed by atoms with E-state index in [4.69, 9.17) is 14.2 Å². The molecule has 1 aliphatic rings. The molecule has 1 aromatic carbocycles. The highest BCUT2D eigenvalue weighted by atomic mass is 16.5. The molecule has 168 valence electrons. The smallest absolute Gasteiger partial charge is 0.355 e. The van der Waals surface area contributed by atoms with E-state index in [1.807, 2.05) is 45.0 Å². The lowest BCUT2D eigenvalue weighted by molar-refractivity contribution is -0.135. The summed E-state index contributed by atoms with van der Waals surface area (Å²) >= 11 is 0. The maximum absolute atomic E-state index is 13.1. The van der Waals surface area contributed by atoms with E-state index >= 15 is 0 Å². The van der Waals surface area contributed by atoms with Crippen molar-refractivity contribution in [3.8, 4) is 5.75 Å². The average molecular weight is 429 g/mol. The number of H-pyrrole nitrogens is 1. The molecule has 1 amide bonds. The number of ether oxygens (including phenoxy) is 3. The number of aromatic amines is 1. The Morgan fingerprint density at radius 3 is 2.74 bits per heavy atom. The predicted molar refractivity (Wildman–Crippen MR) is 117 cm³/mol. The molecule has 1 N–H and O–H groups in total. The number of nitrogens with zero attached hydrogens (tertiary/aromatic N) is 1. The summed E-state index contributed by atoms with van der Waals surface area (Å²) in [6.07, 6.45) is 1.95. The van der Waals surface area contributed by atoms with Crippen molar-refractivity contribution >= 4 is 11.9 Å². The summed E-state index contributed by atoms with van der Waals surface area (Å²) in [5, 5.41) is 0. The molecule has 1 fully saturated rings. The van der Waals surface area contributed by atoms with Gasteiger partial charge in [0.15, 0.2) is 6.61 Å². The third kappa shape index (κ3) is 5.88. The van der Waals surface area contributed by atoms with Gasteiger partial charge in [0, 0.05) is 25.4 Å². The fraction of sp³-hybridized carbons (Fsp3) is 0.500. The molecule has 7 nitrogen and oxygen atoms in total. The van der Waals surface area contributed by atoms with Gasteiger partial charge in [-0.15, -0.1) is 0 Å². The number of hydrogen-bond acceptors (Lipinski definition) is 5. The summed E-state index contributed by atoms with van der Waals surface area (Å²) in [6.45, 7) is 9.40. The van der Waals surface area contributed by atoms with Gasteiger partial charge in [0.1, 0.15) is 11.4 Å². The van der Waals surface area contributed by atoms with Gasteiger partial charge in [-0.3, -0.25) is 4.79 Å². The normalized spacial score (nSPS) is 15.7. The molecule has 0 unspecified atom stereocenters. The number of amides is 1. The van der Waals surface area contributed by atoms with E-state index in [-0.39, 0.29) is 24.6 Å². The molecule has 0 bridgehead atoms. The first kappa shape index (κ1) is 22.9. The number of aryl methyl sites for hydroxylation is 2. The topological polar surface area (TPSA) is 80.9 Å². The Morgan fingerprint density at radius 1 is 1.26 bits per heavy atom. The van der Waals surface area contributed by atoms with Crippen LogP contribution in [-0.2, 0) is 20.8 Å². The van der Waals surface area contributed by atoms with Gasteiger partial charge >= 0.3 is 5.97 Å². The van der Waals surface area contributed by atoms with Gasteiger partial charge in [-0.1, -0.05) is 12.1 Å². The monoisotopic (exact) mass is 428 g/mol. The highest BCUT2D eigenvalue weighted by Gasteiger charge is 2.26. The molecule has 0 radical (unpaired) electrons. The molecule has 2 aromatic rings. The average Bonchev–Trinajstić information content (AvgIpc) is 3.35. The van der Waals surface area contributed by atoms with Crippen LogP contribution in [0.1, 0.15) is 52.6 Å². The van der Waals surface area contributed by atoms with Crippen LogP contribution in [0.15, 0.2) is 24.3 Å². The third-order valence-corrected chi connectivity index (χ3v) is 5.57. The Kier molecular flexibility index (Phi) is 7.74. The first-order chi connectivity index (χ1) is 14.9. The Morgan fingerprint density at radius 2 is 2.06 bits per heavy atom. The van der Waals surface area contributed by atoms with E-state index in [1.165, 1.54) is 0 Å². The summed E-state index contributed by atoms with van der Waals surface area (Å²) < 4.78 is 16.7. The summed E-state index contributed by atoms with van der Waals surface area (Å²) in [7, 11) is 0. The number of nitrogens with one attached hydrogen (secondary N) is 1. The first-order valence-electron chi connectivity index (χ1n) is 10.8. The fourth-order valence-electron chi connectivity index (χ4n) is 3.85. The molecular formula is C24H32N2O5. The van der Waals surface area contributed by atoms with E-state index in [2.05, 4.69) is 4.98 Å². The minimum absolute atomic E-state index is 0.0204. The molecule has 1 saturated heterocycles. The number of aromatic nitrogens is 1. The minimum atomic E-state index is -0.380. The summed E-state index contributed by atoms with van der Waals surface area (Å²) in [5.74, 6) is 0.174. The summed E-state index contributed by atoms with van der Waals surface area (Å²) in [4.78, 5) is 30.2. The van der Waals surface area contributed by atoms with Crippen molar-refractivity contribution in [1.29, 1.82) is 0 Å². The van der Waals surface area contributed by atoms with Crippen molar-refractivity contribution in [3.63, 3.8) is 0 Å². The molecule has 3 rings (SSSR count). The second-order valence-electron chi connectivity index (χ2n) is 7.96. The standard InChI is InChI=1S/C24H32N2O5/c1-5-29-24(28)23-17(3)21(18(4)25-23)14-26(13-20-10-7-11-30-20)22(27)15-31-19-9-6-8-16(2)12-19/h6,8-9,12,20,25H,5,7,10-11,13-15H2,1-4H3/t20-/m0/s1. The number of rotatable bonds is 9. The molecule has 7 heteroatoms. The van der Waals surface area contributed by atoms with Crippen molar-refractivity contribution in [2.24, 2.45) is 0 Å². The quantitative estimate of drug-likeness (QED) is 0.616. The molecule has 31 heavy (non-hydrogen) atoms. The number of carbonyl (C=O) groups is 2. The van der Waals surface area contributed by atoms with Crippen LogP contribution >= 0.6 is 0 Å². The van der Waals surface area contributed by atoms with Crippen molar-refractivity contribution in [2.45, 2.75) is 53.2 Å². The van der Waals surface area contributed by atoms with Crippen LogP contribution < -0.4 is 4.74 Å². The zero-order valence-electron chi connectivity index (χ0n) is 18.8. The van der Waals surface area contributed by atoms with Crippen molar-refractivity contribution in [2.75, 3.05) is 26.4 Å². The highest BCUT2D eigenvalue weighted by molar-refractivity contribution is 5.90. The number of carbonyl (C=O) groups excluding carboxylic acids is 2. The van der Waals surface area contributed by atoms with Gasteiger partial charge in [0.05, 0.1) is 12.7 Å². The Hall–Kier alpha value is -2.80.